The van der Waals surface area contributed by atoms with Gasteiger partial charge in [0.25, 0.3) is 0 Å². The van der Waals surface area contributed by atoms with E-state index in [-0.39, 0.29) is 11.8 Å². The summed E-state index contributed by atoms with van der Waals surface area (Å²) in [4.78, 5) is 21.9. The normalized spacial score (nSPS) is 13.5. The minimum Gasteiger partial charge on any atom is -0.391 e. The summed E-state index contributed by atoms with van der Waals surface area (Å²) in [5.74, 6) is -0.821. The third-order valence-electron chi connectivity index (χ3n) is 2.96. The number of hydrogen-bond acceptors (Lipinski definition) is 8. The predicted molar refractivity (Wildman–Crippen MR) is 109 cm³/mol. The Bertz CT molecular complexity index is 644. The summed E-state index contributed by atoms with van der Waals surface area (Å²) in [6.07, 6.45) is 0.424. The monoisotopic (exact) mass is 421 g/mol. The van der Waals surface area contributed by atoms with E-state index in [4.69, 9.17) is 9.26 Å². The van der Waals surface area contributed by atoms with Crippen LogP contribution in [0.1, 0.15) is 51.6 Å². The fourth-order valence-electron chi connectivity index (χ4n) is 1.68. The van der Waals surface area contributed by atoms with Crippen LogP contribution in [0.15, 0.2) is 6.07 Å². The van der Waals surface area contributed by atoms with Gasteiger partial charge < -0.3 is 14.2 Å². The van der Waals surface area contributed by atoms with E-state index in [9.17, 15) is 9.36 Å². The topological polar surface area (TPSA) is 81.6 Å². The molecule has 0 N–H and O–H groups in total. The molecule has 1 unspecified atom stereocenters. The van der Waals surface area contributed by atoms with Crippen molar-refractivity contribution in [3.8, 4) is 5.88 Å². The van der Waals surface area contributed by atoms with Crippen LogP contribution in [0.2, 0.25) is 0 Å². The van der Waals surface area contributed by atoms with Gasteiger partial charge in [-0.25, -0.2) is 9.78 Å². The van der Waals surface area contributed by atoms with E-state index in [1.165, 1.54) is 27.7 Å². The molecule has 0 saturated carbocycles. The van der Waals surface area contributed by atoms with Gasteiger partial charge in [-0.2, -0.15) is 4.98 Å². The smallest absolute Gasteiger partial charge is 0.391 e. The summed E-state index contributed by atoms with van der Waals surface area (Å²) < 4.78 is 23.7. The predicted octanol–water partition coefficient (Wildman–Crippen LogP) is 5.18. The van der Waals surface area contributed by atoms with Gasteiger partial charge in [-0.15, -0.1) is 0 Å². The standard InChI is InChI=1S/C16H28N3O4PS2/c1-7-9-25-24(21,22-8-2)26-11-13-10-14(23-16(20)19(5)6)18-15(17-13)12(3)4/h10,12H,7-9,11H2,1-6H3. The molecule has 0 saturated heterocycles. The molecule has 148 valence electrons. The molecule has 1 atom stereocenters. The van der Waals surface area contributed by atoms with E-state index in [0.717, 1.165) is 12.2 Å². The van der Waals surface area contributed by atoms with Crippen LogP contribution in [0, 0.1) is 0 Å². The Morgan fingerprint density at radius 2 is 1.96 bits per heavy atom. The quantitative estimate of drug-likeness (QED) is 0.478. The lowest BCUT2D eigenvalue weighted by Crippen LogP contribution is -2.26. The number of carbonyl (C=O) groups is 1. The molecule has 0 fully saturated rings. The van der Waals surface area contributed by atoms with Crippen molar-refractivity contribution < 1.29 is 18.6 Å². The zero-order chi connectivity index (χ0) is 19.7. The number of aromatic nitrogens is 2. The van der Waals surface area contributed by atoms with Crippen LogP contribution in [-0.2, 0) is 14.8 Å². The maximum Gasteiger partial charge on any atom is 0.416 e. The van der Waals surface area contributed by atoms with Crippen LogP contribution < -0.4 is 4.74 Å². The van der Waals surface area contributed by atoms with Gasteiger partial charge in [0.05, 0.1) is 12.3 Å². The molecule has 26 heavy (non-hydrogen) atoms. The van der Waals surface area contributed by atoms with Crippen LogP contribution in [-0.4, -0.2) is 47.4 Å². The van der Waals surface area contributed by atoms with Crippen LogP contribution in [0.3, 0.4) is 0 Å². The number of amides is 1. The lowest BCUT2D eigenvalue weighted by atomic mass is 10.2. The molecule has 1 amide bonds. The van der Waals surface area contributed by atoms with Crippen molar-refractivity contribution in [2.45, 2.75) is 45.8 Å². The summed E-state index contributed by atoms with van der Waals surface area (Å²) in [5.41, 5.74) is 0.660. The number of nitrogens with zero attached hydrogens (tertiary/aromatic N) is 3. The van der Waals surface area contributed by atoms with Gasteiger partial charge in [0.1, 0.15) is 5.82 Å². The molecule has 0 aliphatic carbocycles. The highest BCUT2D eigenvalue weighted by molar-refractivity contribution is 8.89. The second-order valence-electron chi connectivity index (χ2n) is 5.94. The molecule has 10 heteroatoms. The molecule has 1 aromatic rings. The van der Waals surface area contributed by atoms with Gasteiger partial charge in [0.2, 0.25) is 5.88 Å². The van der Waals surface area contributed by atoms with Crippen molar-refractivity contribution in [3.05, 3.63) is 17.6 Å². The number of hydrogen-bond donors (Lipinski definition) is 0. The molecule has 1 rings (SSSR count). The summed E-state index contributed by atoms with van der Waals surface area (Å²) in [7, 11) is 3.21. The molecule has 0 aliphatic heterocycles. The molecular weight excluding hydrogens is 393 g/mol. The summed E-state index contributed by atoms with van der Waals surface area (Å²) >= 11 is 2.61. The van der Waals surface area contributed by atoms with Crippen LogP contribution in [0.25, 0.3) is 0 Å². The fraction of sp³-hybridized carbons (Fsp3) is 0.688. The molecule has 0 aliphatic rings. The van der Waals surface area contributed by atoms with E-state index in [2.05, 4.69) is 9.97 Å². The molecule has 1 aromatic heterocycles. The Hall–Kier alpha value is -0.760. The first-order chi connectivity index (χ1) is 12.2. The Kier molecular flexibility index (Phi) is 10.00. The third kappa shape index (κ3) is 7.86. The molecule has 0 radical (unpaired) electrons. The van der Waals surface area contributed by atoms with E-state index >= 15 is 0 Å². The van der Waals surface area contributed by atoms with Gasteiger partial charge in [-0.3, -0.25) is 4.57 Å². The van der Waals surface area contributed by atoms with Crippen LogP contribution >= 0.6 is 28.5 Å². The van der Waals surface area contributed by atoms with Gasteiger partial charge in [-0.1, -0.05) is 43.5 Å². The average molecular weight is 422 g/mol. The molecule has 7 nitrogen and oxygen atoms in total. The van der Waals surface area contributed by atoms with Crippen molar-refractivity contribution in [3.63, 3.8) is 0 Å². The first-order valence-corrected chi connectivity index (χ1v) is 13.3. The highest BCUT2D eigenvalue weighted by atomic mass is 33.1. The minimum atomic E-state index is -2.84. The second-order valence-corrected chi connectivity index (χ2v) is 13.4. The van der Waals surface area contributed by atoms with Crippen LogP contribution in [0.4, 0.5) is 4.79 Å². The van der Waals surface area contributed by atoms with Crippen molar-refractivity contribution in [1.82, 2.24) is 14.9 Å². The van der Waals surface area contributed by atoms with Gasteiger partial charge in [0.15, 0.2) is 0 Å². The summed E-state index contributed by atoms with van der Waals surface area (Å²) in [6.45, 7) is 8.20. The molecular formula is C16H28N3O4PS2. The molecule has 1 heterocycles. The first-order valence-electron chi connectivity index (χ1n) is 8.51. The zero-order valence-corrected chi connectivity index (χ0v) is 18.7. The SMILES string of the molecule is CCCSP(=O)(OCC)SCc1cc(OC(=O)N(C)C)nc(C(C)C)n1. The number of ether oxygens (including phenoxy) is 1. The maximum atomic E-state index is 12.9. The van der Waals surface area contributed by atoms with E-state index in [1.807, 2.05) is 27.7 Å². The third-order valence-corrected chi connectivity index (χ3v) is 10.5. The van der Waals surface area contributed by atoms with Gasteiger partial charge in [-0.05, 0) is 13.3 Å². The second kappa shape index (κ2) is 11.2. The highest BCUT2D eigenvalue weighted by Crippen LogP contribution is 2.70. The van der Waals surface area contributed by atoms with Crippen molar-refractivity contribution in [2.75, 3.05) is 26.5 Å². The minimum absolute atomic E-state index is 0.0740. The van der Waals surface area contributed by atoms with E-state index in [1.54, 1.807) is 20.2 Å². The largest absolute Gasteiger partial charge is 0.416 e. The fourth-order valence-corrected chi connectivity index (χ4v) is 8.27. The zero-order valence-electron chi connectivity index (χ0n) is 16.2. The Morgan fingerprint density at radius 1 is 1.27 bits per heavy atom. The lowest BCUT2D eigenvalue weighted by molar-refractivity contribution is 0.169. The molecule has 0 bridgehead atoms. The van der Waals surface area contributed by atoms with E-state index in [0.29, 0.717) is 23.9 Å². The summed E-state index contributed by atoms with van der Waals surface area (Å²) in [6, 6.07) is 1.61. The average Bonchev–Trinajstić information content (AvgIpc) is 2.58. The van der Waals surface area contributed by atoms with Gasteiger partial charge >= 0.3 is 11.9 Å². The maximum absolute atomic E-state index is 12.9. The van der Waals surface area contributed by atoms with Crippen LogP contribution in [0.5, 0.6) is 5.88 Å². The summed E-state index contributed by atoms with van der Waals surface area (Å²) in [5, 5.41) is 0. The lowest BCUT2D eigenvalue weighted by Gasteiger charge is -2.16. The number of rotatable bonds is 10. The Labute approximate surface area is 164 Å². The van der Waals surface area contributed by atoms with Crippen molar-refractivity contribution in [2.24, 2.45) is 0 Å². The van der Waals surface area contributed by atoms with Crippen molar-refractivity contribution in [1.29, 1.82) is 0 Å². The Balaban J connectivity index is 2.97. The van der Waals surface area contributed by atoms with E-state index < -0.39 is 11.9 Å². The highest BCUT2D eigenvalue weighted by Gasteiger charge is 2.25. The molecule has 0 aromatic carbocycles. The first kappa shape index (κ1) is 23.3. The van der Waals surface area contributed by atoms with Gasteiger partial charge in [0, 0.05) is 37.6 Å². The number of carbonyl (C=O) groups excluding carboxylic acids is 1. The Morgan fingerprint density at radius 3 is 2.50 bits per heavy atom. The van der Waals surface area contributed by atoms with Crippen molar-refractivity contribution >= 4 is 34.6 Å². The molecule has 0 spiro atoms.